The molecular formula is C30H32N4O4. The minimum Gasteiger partial charge on any atom is -0.493 e. The molecule has 2 atom stereocenters. The molecule has 0 spiro atoms. The van der Waals surface area contributed by atoms with Gasteiger partial charge in [0.2, 0.25) is 11.7 Å². The first-order valence-corrected chi connectivity index (χ1v) is 12.8. The lowest BCUT2D eigenvalue weighted by Crippen LogP contribution is -2.36. The maximum atomic E-state index is 13.0. The molecule has 2 N–H and O–H groups in total. The Balaban J connectivity index is 1.28. The zero-order valence-electron chi connectivity index (χ0n) is 22.1. The third-order valence-corrected chi connectivity index (χ3v) is 6.87. The first-order valence-electron chi connectivity index (χ1n) is 12.8. The number of hydrogen-bond donors (Lipinski definition) is 2. The lowest BCUT2D eigenvalue weighted by atomic mass is 9.97. The van der Waals surface area contributed by atoms with Gasteiger partial charge in [-0.3, -0.25) is 4.79 Å². The molecule has 8 nitrogen and oxygen atoms in total. The summed E-state index contributed by atoms with van der Waals surface area (Å²) in [5, 5.41) is 10.4. The van der Waals surface area contributed by atoms with Crippen LogP contribution < -0.4 is 20.1 Å². The molecule has 0 radical (unpaired) electrons. The van der Waals surface area contributed by atoms with Gasteiger partial charge in [-0.05, 0) is 80.3 Å². The second-order valence-corrected chi connectivity index (χ2v) is 9.59. The summed E-state index contributed by atoms with van der Waals surface area (Å²) >= 11 is 0. The number of aromatic nitrogens is 2. The van der Waals surface area contributed by atoms with Gasteiger partial charge in [0.25, 0.3) is 5.91 Å². The number of carbonyl (C=O) groups excluding carboxylic acids is 1. The summed E-state index contributed by atoms with van der Waals surface area (Å²) < 4.78 is 16.8. The average Bonchev–Trinajstić information content (AvgIpc) is 3.61. The molecule has 3 aromatic carbocycles. The molecule has 1 aliphatic heterocycles. The first kappa shape index (κ1) is 25.5. The highest BCUT2D eigenvalue weighted by Crippen LogP contribution is 2.33. The van der Waals surface area contributed by atoms with Crippen molar-refractivity contribution in [2.45, 2.75) is 45.8 Å². The molecular weight excluding hydrogens is 480 g/mol. The van der Waals surface area contributed by atoms with E-state index in [9.17, 15) is 4.79 Å². The molecule has 1 aromatic heterocycles. The molecule has 4 aromatic rings. The van der Waals surface area contributed by atoms with Crippen molar-refractivity contribution in [2.75, 3.05) is 19.0 Å². The molecule has 0 aliphatic carbocycles. The SMILES string of the molecule is COc1ccc(NC(=O)c2ccc(-c3ccc(-c4noc(C)n4)cc3C)cc2)cc1O[C@H](C)C1CCCN1. The first-order chi connectivity index (χ1) is 18.4. The van der Waals surface area contributed by atoms with Crippen LogP contribution in [0.4, 0.5) is 5.69 Å². The second kappa shape index (κ2) is 11.1. The number of methoxy groups -OCH3 is 1. The third-order valence-electron chi connectivity index (χ3n) is 6.87. The Kier molecular flexibility index (Phi) is 7.42. The quantitative estimate of drug-likeness (QED) is 0.308. The Morgan fingerprint density at radius 2 is 1.84 bits per heavy atom. The Morgan fingerprint density at radius 1 is 1.05 bits per heavy atom. The van der Waals surface area contributed by atoms with E-state index in [4.69, 9.17) is 14.0 Å². The van der Waals surface area contributed by atoms with Gasteiger partial charge in [0.1, 0.15) is 6.10 Å². The van der Waals surface area contributed by atoms with Crippen molar-refractivity contribution < 1.29 is 18.8 Å². The van der Waals surface area contributed by atoms with Crippen molar-refractivity contribution in [3.8, 4) is 34.0 Å². The number of nitrogens with one attached hydrogen (secondary N) is 2. The van der Waals surface area contributed by atoms with Crippen molar-refractivity contribution in [1.82, 2.24) is 15.5 Å². The maximum absolute atomic E-state index is 13.0. The highest BCUT2D eigenvalue weighted by atomic mass is 16.5. The van der Waals surface area contributed by atoms with Gasteiger partial charge in [-0.15, -0.1) is 0 Å². The number of carbonyl (C=O) groups is 1. The van der Waals surface area contributed by atoms with Gasteiger partial charge in [0, 0.05) is 35.8 Å². The molecule has 1 aliphatic rings. The lowest BCUT2D eigenvalue weighted by Gasteiger charge is -2.22. The molecule has 196 valence electrons. The van der Waals surface area contributed by atoms with E-state index in [0.29, 0.717) is 40.5 Å². The van der Waals surface area contributed by atoms with E-state index in [2.05, 4.69) is 27.7 Å². The van der Waals surface area contributed by atoms with E-state index < -0.39 is 0 Å². The van der Waals surface area contributed by atoms with E-state index in [1.165, 1.54) is 0 Å². The average molecular weight is 513 g/mol. The fourth-order valence-corrected chi connectivity index (χ4v) is 4.79. The van der Waals surface area contributed by atoms with Crippen LogP contribution in [0.15, 0.2) is 65.2 Å². The molecule has 38 heavy (non-hydrogen) atoms. The highest BCUT2D eigenvalue weighted by Gasteiger charge is 2.23. The second-order valence-electron chi connectivity index (χ2n) is 9.59. The number of anilines is 1. The monoisotopic (exact) mass is 512 g/mol. The van der Waals surface area contributed by atoms with Crippen LogP contribution in [-0.4, -0.2) is 41.8 Å². The number of rotatable bonds is 8. The van der Waals surface area contributed by atoms with Gasteiger partial charge in [-0.2, -0.15) is 4.98 Å². The minimum absolute atomic E-state index is 0.0150. The van der Waals surface area contributed by atoms with Crippen LogP contribution in [0.5, 0.6) is 11.5 Å². The van der Waals surface area contributed by atoms with Crippen LogP contribution in [0.3, 0.4) is 0 Å². The van der Waals surface area contributed by atoms with E-state index in [1.54, 1.807) is 14.0 Å². The van der Waals surface area contributed by atoms with E-state index in [-0.39, 0.29) is 12.0 Å². The summed E-state index contributed by atoms with van der Waals surface area (Å²) in [6.07, 6.45) is 2.21. The summed E-state index contributed by atoms with van der Waals surface area (Å²) in [4.78, 5) is 17.3. The van der Waals surface area contributed by atoms with Gasteiger partial charge in [-0.25, -0.2) is 0 Å². The number of hydrogen-bond acceptors (Lipinski definition) is 7. The molecule has 1 fully saturated rings. The zero-order valence-corrected chi connectivity index (χ0v) is 22.1. The summed E-state index contributed by atoms with van der Waals surface area (Å²) in [5.74, 6) is 2.15. The number of aryl methyl sites for hydroxylation is 2. The van der Waals surface area contributed by atoms with Crippen molar-refractivity contribution in [3.63, 3.8) is 0 Å². The summed E-state index contributed by atoms with van der Waals surface area (Å²) in [6.45, 7) is 6.87. The van der Waals surface area contributed by atoms with Crippen LogP contribution in [0.25, 0.3) is 22.5 Å². The third kappa shape index (κ3) is 5.55. The van der Waals surface area contributed by atoms with Crippen LogP contribution in [-0.2, 0) is 0 Å². The summed E-state index contributed by atoms with van der Waals surface area (Å²) in [6, 6.07) is 19.3. The minimum atomic E-state index is -0.197. The summed E-state index contributed by atoms with van der Waals surface area (Å²) in [5.41, 5.74) is 5.27. The maximum Gasteiger partial charge on any atom is 0.255 e. The molecule has 0 bridgehead atoms. The van der Waals surface area contributed by atoms with Crippen LogP contribution in [0, 0.1) is 13.8 Å². The highest BCUT2D eigenvalue weighted by molar-refractivity contribution is 6.04. The van der Waals surface area contributed by atoms with Crippen LogP contribution in [0.2, 0.25) is 0 Å². The molecule has 5 rings (SSSR count). The fourth-order valence-electron chi connectivity index (χ4n) is 4.79. The van der Waals surface area contributed by atoms with E-state index >= 15 is 0 Å². The Hall–Kier alpha value is -4.17. The van der Waals surface area contributed by atoms with Crippen molar-refractivity contribution in [3.05, 3.63) is 77.7 Å². The zero-order chi connectivity index (χ0) is 26.6. The molecule has 0 saturated carbocycles. The topological polar surface area (TPSA) is 98.5 Å². The molecule has 1 amide bonds. The van der Waals surface area contributed by atoms with Gasteiger partial charge < -0.3 is 24.6 Å². The normalized spacial score (nSPS) is 15.7. The molecule has 8 heteroatoms. The predicted octanol–water partition coefficient (Wildman–Crippen LogP) is 5.80. The van der Waals surface area contributed by atoms with Gasteiger partial charge in [-0.1, -0.05) is 29.4 Å². The van der Waals surface area contributed by atoms with E-state index in [0.717, 1.165) is 41.6 Å². The lowest BCUT2D eigenvalue weighted by molar-refractivity contribution is 0.102. The molecule has 2 heterocycles. The van der Waals surface area contributed by atoms with E-state index in [1.807, 2.05) is 67.6 Å². The Labute approximate surface area is 222 Å². The Bertz CT molecular complexity index is 1420. The smallest absolute Gasteiger partial charge is 0.255 e. The van der Waals surface area contributed by atoms with Crippen LogP contribution >= 0.6 is 0 Å². The standard InChI is InChI=1S/C30H32N4O4/c1-18-16-23(29-32-20(3)38-34-29)11-13-25(18)21-7-9-22(10-8-21)30(35)33-24-12-14-27(36-4)28(17-24)37-19(2)26-6-5-15-31-26/h7-14,16-17,19,26,31H,5-6,15H2,1-4H3,(H,33,35)/t19-,26?/m1/s1. The Morgan fingerprint density at radius 3 is 2.50 bits per heavy atom. The van der Waals surface area contributed by atoms with Crippen molar-refractivity contribution in [1.29, 1.82) is 0 Å². The largest absolute Gasteiger partial charge is 0.493 e. The number of benzene rings is 3. The van der Waals surface area contributed by atoms with Gasteiger partial charge >= 0.3 is 0 Å². The summed E-state index contributed by atoms with van der Waals surface area (Å²) in [7, 11) is 1.61. The fraction of sp³-hybridized carbons (Fsp3) is 0.300. The van der Waals surface area contributed by atoms with Crippen molar-refractivity contribution in [2.24, 2.45) is 0 Å². The van der Waals surface area contributed by atoms with Crippen LogP contribution in [0.1, 0.15) is 41.6 Å². The van der Waals surface area contributed by atoms with Crippen molar-refractivity contribution >= 4 is 11.6 Å². The molecule has 1 saturated heterocycles. The van der Waals surface area contributed by atoms with Gasteiger partial charge in [0.05, 0.1) is 7.11 Å². The predicted molar refractivity (Wildman–Crippen MR) is 147 cm³/mol. The number of amides is 1. The number of ether oxygens (including phenoxy) is 2. The van der Waals surface area contributed by atoms with Gasteiger partial charge in [0.15, 0.2) is 11.5 Å². The number of nitrogens with zero attached hydrogens (tertiary/aromatic N) is 2. The molecule has 1 unspecified atom stereocenters.